The number of benzene rings is 1. The van der Waals surface area contributed by atoms with Gasteiger partial charge in [-0.3, -0.25) is 4.79 Å². The monoisotopic (exact) mass is 168 g/mol. The molecule has 0 spiro atoms. The molecule has 0 bridgehead atoms. The number of phenolic OH excluding ortho intramolecular Hbond substituents is 1. The van der Waals surface area contributed by atoms with Gasteiger partial charge in [0.15, 0.2) is 0 Å². The molecule has 12 heavy (non-hydrogen) atoms. The second-order valence-electron chi connectivity index (χ2n) is 2.71. The van der Waals surface area contributed by atoms with Gasteiger partial charge in [-0.05, 0) is 37.1 Å². The molecule has 0 saturated carbocycles. The average Bonchev–Trinajstić information content (AvgIpc) is 1.96. The predicted molar refractivity (Wildman–Crippen MR) is 43.0 cm³/mol. The molecule has 0 aromatic heterocycles. The van der Waals surface area contributed by atoms with E-state index in [1.165, 1.54) is 6.07 Å². The number of carbonyl (C=O) groups excluding carboxylic acids is 1. The Kier molecular flexibility index (Phi) is 2.13. The number of aromatic hydroxyl groups is 1. The molecule has 0 fully saturated rings. The Morgan fingerprint density at radius 1 is 1.42 bits per heavy atom. The highest BCUT2D eigenvalue weighted by atomic mass is 19.1. The summed E-state index contributed by atoms with van der Waals surface area (Å²) in [5.41, 5.74) is 1.21. The first-order valence-electron chi connectivity index (χ1n) is 3.52. The molecule has 3 heteroatoms. The molecule has 1 N–H and O–H groups in total. The number of hydrogen-bond acceptors (Lipinski definition) is 2. The van der Waals surface area contributed by atoms with Gasteiger partial charge in [-0.15, -0.1) is 0 Å². The van der Waals surface area contributed by atoms with Crippen molar-refractivity contribution < 1.29 is 14.3 Å². The van der Waals surface area contributed by atoms with Crippen molar-refractivity contribution in [3.8, 4) is 5.75 Å². The van der Waals surface area contributed by atoms with Crippen LogP contribution in [0.25, 0.3) is 0 Å². The number of hydrogen-bond donors (Lipinski definition) is 1. The molecule has 0 aliphatic carbocycles. The Bertz CT molecular complexity index is 332. The maximum absolute atomic E-state index is 12.3. The van der Waals surface area contributed by atoms with Crippen molar-refractivity contribution in [3.63, 3.8) is 0 Å². The van der Waals surface area contributed by atoms with E-state index < -0.39 is 6.04 Å². The number of carbonyl (C=O) groups is 1. The lowest BCUT2D eigenvalue weighted by atomic mass is 10.0. The second-order valence-corrected chi connectivity index (χ2v) is 2.71. The fraction of sp³-hybridized carbons (Fsp3) is 0.222. The molecule has 1 rings (SSSR count). The first-order valence-corrected chi connectivity index (χ1v) is 3.52. The number of rotatable bonds is 1. The Morgan fingerprint density at radius 3 is 2.50 bits per heavy atom. The van der Waals surface area contributed by atoms with Crippen molar-refractivity contribution in [1.82, 2.24) is 0 Å². The van der Waals surface area contributed by atoms with Crippen molar-refractivity contribution >= 4 is 6.04 Å². The third kappa shape index (κ3) is 1.44. The Hall–Kier alpha value is -1.38. The molecule has 0 saturated heterocycles. The lowest BCUT2D eigenvalue weighted by Gasteiger charge is -2.04. The van der Waals surface area contributed by atoms with Crippen molar-refractivity contribution in [2.45, 2.75) is 13.8 Å². The lowest BCUT2D eigenvalue weighted by molar-refractivity contribution is 0.0834. The lowest BCUT2D eigenvalue weighted by Crippen LogP contribution is -1.96. The summed E-state index contributed by atoms with van der Waals surface area (Å²) in [6.45, 7) is 3.35. The van der Waals surface area contributed by atoms with E-state index in [1.54, 1.807) is 13.8 Å². The first kappa shape index (κ1) is 8.71. The standard InChI is InChI=1S/C9H9FO2/c1-5-3-7(11)4-8(6(5)2)9(10)12/h3-4,11H,1-2H3. The normalized spacial score (nSPS) is 9.92. The minimum Gasteiger partial charge on any atom is -0.508 e. The molecule has 1 aromatic rings. The molecule has 0 unspecified atom stereocenters. The Balaban J connectivity index is 3.37. The number of phenols is 1. The molecule has 0 aliphatic rings. The van der Waals surface area contributed by atoms with E-state index in [2.05, 4.69) is 0 Å². The van der Waals surface area contributed by atoms with Gasteiger partial charge in [0, 0.05) is 0 Å². The van der Waals surface area contributed by atoms with Gasteiger partial charge in [0.1, 0.15) is 5.75 Å². The van der Waals surface area contributed by atoms with Crippen LogP contribution in [0.2, 0.25) is 0 Å². The number of halogens is 1. The van der Waals surface area contributed by atoms with Gasteiger partial charge in [0.05, 0.1) is 5.56 Å². The van der Waals surface area contributed by atoms with Crippen molar-refractivity contribution in [1.29, 1.82) is 0 Å². The van der Waals surface area contributed by atoms with Gasteiger partial charge in [-0.25, -0.2) is 0 Å². The van der Waals surface area contributed by atoms with Crippen LogP contribution in [0.15, 0.2) is 12.1 Å². The van der Waals surface area contributed by atoms with Crippen molar-refractivity contribution in [2.24, 2.45) is 0 Å². The van der Waals surface area contributed by atoms with Crippen LogP contribution in [0.4, 0.5) is 4.39 Å². The summed E-state index contributed by atoms with van der Waals surface area (Å²) in [7, 11) is 0. The fourth-order valence-electron chi connectivity index (χ4n) is 1.04. The maximum atomic E-state index is 12.3. The smallest absolute Gasteiger partial charge is 0.332 e. The molecule has 0 aliphatic heterocycles. The minimum absolute atomic E-state index is 0.0625. The van der Waals surface area contributed by atoms with Crippen LogP contribution in [-0.2, 0) is 0 Å². The quantitative estimate of drug-likeness (QED) is 0.652. The zero-order chi connectivity index (χ0) is 9.30. The van der Waals surface area contributed by atoms with E-state index in [1.807, 2.05) is 0 Å². The van der Waals surface area contributed by atoms with E-state index in [0.29, 0.717) is 11.1 Å². The molecular formula is C9H9FO2. The Morgan fingerprint density at radius 2 is 2.00 bits per heavy atom. The van der Waals surface area contributed by atoms with Crippen LogP contribution < -0.4 is 0 Å². The largest absolute Gasteiger partial charge is 0.508 e. The SMILES string of the molecule is Cc1cc(O)cc(C(=O)F)c1C. The zero-order valence-corrected chi connectivity index (χ0v) is 6.89. The van der Waals surface area contributed by atoms with Gasteiger partial charge in [-0.1, -0.05) is 0 Å². The third-order valence-corrected chi connectivity index (χ3v) is 1.86. The molecule has 0 atom stereocenters. The van der Waals surface area contributed by atoms with Crippen molar-refractivity contribution in [3.05, 3.63) is 28.8 Å². The summed E-state index contributed by atoms with van der Waals surface area (Å²) in [6, 6.07) is 1.11. The highest BCUT2D eigenvalue weighted by molar-refractivity contribution is 5.90. The molecule has 64 valence electrons. The van der Waals surface area contributed by atoms with Crippen LogP contribution in [-0.4, -0.2) is 11.1 Å². The third-order valence-electron chi connectivity index (χ3n) is 1.86. The minimum atomic E-state index is -1.51. The van der Waals surface area contributed by atoms with Crippen LogP contribution in [0, 0.1) is 13.8 Å². The second kappa shape index (κ2) is 2.93. The zero-order valence-electron chi connectivity index (χ0n) is 6.89. The predicted octanol–water partition coefficient (Wildman–Crippen LogP) is 2.12. The average molecular weight is 168 g/mol. The summed E-state index contributed by atoms with van der Waals surface area (Å²) in [5.74, 6) is -0.0842. The summed E-state index contributed by atoms with van der Waals surface area (Å²) in [4.78, 5) is 10.4. The summed E-state index contributed by atoms with van der Waals surface area (Å²) >= 11 is 0. The molecule has 1 aromatic carbocycles. The topological polar surface area (TPSA) is 37.3 Å². The highest BCUT2D eigenvalue weighted by Gasteiger charge is 2.10. The highest BCUT2D eigenvalue weighted by Crippen LogP contribution is 2.20. The van der Waals surface area contributed by atoms with Gasteiger partial charge in [0.25, 0.3) is 0 Å². The first-order chi connectivity index (χ1) is 5.52. The molecule has 0 heterocycles. The summed E-state index contributed by atoms with van der Waals surface area (Å²) in [5, 5.41) is 9.05. The fourth-order valence-corrected chi connectivity index (χ4v) is 1.04. The van der Waals surface area contributed by atoms with E-state index in [0.717, 1.165) is 6.07 Å². The van der Waals surface area contributed by atoms with Crippen LogP contribution in [0.5, 0.6) is 5.75 Å². The van der Waals surface area contributed by atoms with Gasteiger partial charge >= 0.3 is 6.04 Å². The molecule has 0 amide bonds. The van der Waals surface area contributed by atoms with E-state index in [-0.39, 0.29) is 11.3 Å². The molecule has 0 radical (unpaired) electrons. The Labute approximate surface area is 69.6 Å². The van der Waals surface area contributed by atoms with Crippen LogP contribution in [0.3, 0.4) is 0 Å². The molecule has 2 nitrogen and oxygen atoms in total. The summed E-state index contributed by atoms with van der Waals surface area (Å²) < 4.78 is 12.3. The van der Waals surface area contributed by atoms with Crippen LogP contribution >= 0.6 is 0 Å². The maximum Gasteiger partial charge on any atom is 0.332 e. The summed E-state index contributed by atoms with van der Waals surface area (Å²) in [6.07, 6.45) is 0. The van der Waals surface area contributed by atoms with Gasteiger partial charge in [-0.2, -0.15) is 4.39 Å². The van der Waals surface area contributed by atoms with E-state index in [4.69, 9.17) is 5.11 Å². The van der Waals surface area contributed by atoms with E-state index >= 15 is 0 Å². The van der Waals surface area contributed by atoms with Crippen molar-refractivity contribution in [2.75, 3.05) is 0 Å². The van der Waals surface area contributed by atoms with Crippen LogP contribution in [0.1, 0.15) is 21.5 Å². The van der Waals surface area contributed by atoms with E-state index in [9.17, 15) is 9.18 Å². The molecular weight excluding hydrogens is 159 g/mol. The van der Waals surface area contributed by atoms with Gasteiger partial charge in [0.2, 0.25) is 0 Å². The number of aryl methyl sites for hydroxylation is 1. The van der Waals surface area contributed by atoms with Gasteiger partial charge < -0.3 is 5.11 Å².